The van der Waals surface area contributed by atoms with Gasteiger partial charge in [0, 0.05) is 5.92 Å². The van der Waals surface area contributed by atoms with Crippen LogP contribution in [0.2, 0.25) is 0 Å². The maximum absolute atomic E-state index is 4.56. The number of aryl methyl sites for hydroxylation is 1. The predicted molar refractivity (Wildman–Crippen MR) is 51.1 cm³/mol. The Hall–Kier alpha value is -1.35. The van der Waals surface area contributed by atoms with E-state index < -0.39 is 0 Å². The van der Waals surface area contributed by atoms with Gasteiger partial charge in [0.25, 0.3) is 0 Å². The van der Waals surface area contributed by atoms with Gasteiger partial charge in [0.2, 0.25) is 3.57 Å². The number of aromatic nitrogens is 2. The first-order valence-electron chi connectivity index (χ1n) is 4.35. The normalized spacial score (nSPS) is 9.40. The van der Waals surface area contributed by atoms with E-state index in [0.717, 1.165) is 5.69 Å². The summed E-state index contributed by atoms with van der Waals surface area (Å²) in [7, 11) is 0. The van der Waals surface area contributed by atoms with Crippen LogP contribution in [0.25, 0.3) is 0 Å². The average molecular weight is 311 g/mol. The SMILES string of the molecule is Cc1nonc1C#C[I+]c1ccccc1. The maximum Gasteiger partial charge on any atom is 0.420 e. The molecule has 0 aliphatic rings. The largest absolute Gasteiger partial charge is 0.420 e. The highest BCUT2D eigenvalue weighted by Crippen LogP contribution is 1.95. The molecule has 0 unspecified atom stereocenters. The summed E-state index contributed by atoms with van der Waals surface area (Å²) in [5.41, 5.74) is 1.39. The van der Waals surface area contributed by atoms with Crippen molar-refractivity contribution in [1.29, 1.82) is 0 Å². The molecule has 1 heterocycles. The quantitative estimate of drug-likeness (QED) is 0.483. The van der Waals surface area contributed by atoms with Crippen LogP contribution in [0.15, 0.2) is 35.0 Å². The van der Waals surface area contributed by atoms with E-state index in [1.165, 1.54) is 3.57 Å². The van der Waals surface area contributed by atoms with E-state index in [0.29, 0.717) is 5.69 Å². The Bertz CT molecular complexity index is 496. The summed E-state index contributed by atoms with van der Waals surface area (Å²) in [6, 6.07) is 10.2. The van der Waals surface area contributed by atoms with Crippen molar-refractivity contribution in [1.82, 2.24) is 10.3 Å². The monoisotopic (exact) mass is 311 g/mol. The summed E-state index contributed by atoms with van der Waals surface area (Å²) >= 11 is -0.263. The van der Waals surface area contributed by atoms with Crippen LogP contribution in [0.4, 0.5) is 0 Å². The highest BCUT2D eigenvalue weighted by atomic mass is 127. The van der Waals surface area contributed by atoms with Crippen LogP contribution >= 0.6 is 0 Å². The topological polar surface area (TPSA) is 38.9 Å². The summed E-state index contributed by atoms with van der Waals surface area (Å²) < 4.78 is 9.00. The van der Waals surface area contributed by atoms with Crippen molar-refractivity contribution in [2.24, 2.45) is 0 Å². The van der Waals surface area contributed by atoms with Gasteiger partial charge in [0.15, 0.2) is 9.62 Å². The van der Waals surface area contributed by atoms with Gasteiger partial charge < -0.3 is 0 Å². The van der Waals surface area contributed by atoms with Crippen LogP contribution < -0.4 is 21.2 Å². The lowest BCUT2D eigenvalue weighted by Crippen LogP contribution is -3.59. The lowest BCUT2D eigenvalue weighted by Gasteiger charge is -1.76. The molecule has 15 heavy (non-hydrogen) atoms. The first kappa shape index (κ1) is 10.2. The minimum Gasteiger partial charge on any atom is -0.243 e. The van der Waals surface area contributed by atoms with Gasteiger partial charge >= 0.3 is 21.2 Å². The fraction of sp³-hybridized carbons (Fsp3) is 0.0909. The molecule has 0 bridgehead atoms. The molecule has 74 valence electrons. The lowest BCUT2D eigenvalue weighted by molar-refractivity contribution is -0.535. The fourth-order valence-electron chi connectivity index (χ4n) is 0.946. The minimum absolute atomic E-state index is 0.263. The van der Waals surface area contributed by atoms with Gasteiger partial charge in [-0.3, -0.25) is 0 Å². The third-order valence-corrected chi connectivity index (χ3v) is 3.59. The Morgan fingerprint density at radius 3 is 2.67 bits per heavy atom. The zero-order valence-corrected chi connectivity index (χ0v) is 10.2. The van der Waals surface area contributed by atoms with Gasteiger partial charge in [-0.1, -0.05) is 23.4 Å². The zero-order valence-electron chi connectivity index (χ0n) is 8.07. The molecule has 4 heteroatoms. The van der Waals surface area contributed by atoms with Gasteiger partial charge in [-0.05, 0) is 24.2 Å². The van der Waals surface area contributed by atoms with Crippen molar-refractivity contribution >= 4 is 0 Å². The van der Waals surface area contributed by atoms with Crippen LogP contribution in [0, 0.1) is 20.3 Å². The predicted octanol–water partition coefficient (Wildman–Crippen LogP) is -1.35. The highest BCUT2D eigenvalue weighted by molar-refractivity contribution is 5.26. The second-order valence-electron chi connectivity index (χ2n) is 2.81. The van der Waals surface area contributed by atoms with E-state index >= 15 is 0 Å². The average Bonchev–Trinajstić information content (AvgIpc) is 2.66. The number of rotatable bonds is 1. The first-order valence-corrected chi connectivity index (χ1v) is 6.51. The second kappa shape index (κ2) is 4.94. The molecule has 0 radical (unpaired) electrons. The number of benzene rings is 1. The molecule has 3 nitrogen and oxygen atoms in total. The molecular weight excluding hydrogens is 303 g/mol. The third kappa shape index (κ3) is 2.80. The molecule has 0 saturated carbocycles. The summed E-state index contributed by atoms with van der Waals surface area (Å²) in [4.78, 5) is 0. The Morgan fingerprint density at radius 2 is 2.00 bits per heavy atom. The molecule has 0 atom stereocenters. The van der Waals surface area contributed by atoms with E-state index in [1.54, 1.807) is 0 Å². The van der Waals surface area contributed by atoms with Crippen LogP contribution in [0.1, 0.15) is 11.4 Å². The van der Waals surface area contributed by atoms with Crippen LogP contribution in [0.3, 0.4) is 0 Å². The number of nitrogens with zero attached hydrogens (tertiary/aromatic N) is 2. The Balaban J connectivity index is 2.06. The lowest BCUT2D eigenvalue weighted by atomic mass is 10.4. The smallest absolute Gasteiger partial charge is 0.243 e. The molecule has 0 fully saturated rings. The fourth-order valence-corrected chi connectivity index (χ4v) is 2.42. The van der Waals surface area contributed by atoms with E-state index in [4.69, 9.17) is 0 Å². The van der Waals surface area contributed by atoms with E-state index in [9.17, 15) is 0 Å². The number of halogens is 1. The molecule has 2 rings (SSSR count). The van der Waals surface area contributed by atoms with Crippen molar-refractivity contribution in [2.75, 3.05) is 0 Å². The molecule has 0 aliphatic heterocycles. The van der Waals surface area contributed by atoms with Gasteiger partial charge in [-0.2, -0.15) is 0 Å². The van der Waals surface area contributed by atoms with Crippen LogP contribution in [0.5, 0.6) is 0 Å². The maximum atomic E-state index is 4.56. The Labute approximate surface area is 98.1 Å². The van der Waals surface area contributed by atoms with E-state index in [-0.39, 0.29) is 21.2 Å². The molecule has 0 N–H and O–H groups in total. The van der Waals surface area contributed by atoms with Gasteiger partial charge in [0.05, 0.1) is 0 Å². The second-order valence-corrected chi connectivity index (χ2v) is 5.13. The van der Waals surface area contributed by atoms with Gasteiger partial charge in [0.1, 0.15) is 5.69 Å². The summed E-state index contributed by atoms with van der Waals surface area (Å²) in [6.45, 7) is 1.83. The molecular formula is C11H8IN2O+. The van der Waals surface area contributed by atoms with Crippen molar-refractivity contribution in [3.8, 4) is 9.85 Å². The van der Waals surface area contributed by atoms with Crippen molar-refractivity contribution < 1.29 is 25.8 Å². The van der Waals surface area contributed by atoms with Gasteiger partial charge in [-0.25, -0.2) is 4.63 Å². The third-order valence-electron chi connectivity index (χ3n) is 1.71. The van der Waals surface area contributed by atoms with Crippen molar-refractivity contribution in [2.45, 2.75) is 6.92 Å². The summed E-state index contributed by atoms with van der Waals surface area (Å²) in [6.07, 6.45) is 0. The van der Waals surface area contributed by atoms with E-state index in [1.807, 2.05) is 25.1 Å². The molecule has 0 saturated heterocycles. The standard InChI is InChI=1S/C11H8IN2O/c1-9-11(14-15-13-9)7-8-12-10-5-3-2-4-6-10/h2-6H,1H3/q+1. The summed E-state index contributed by atoms with van der Waals surface area (Å²) in [5, 5.41) is 7.37. The Morgan fingerprint density at radius 1 is 1.20 bits per heavy atom. The molecule has 1 aromatic carbocycles. The highest BCUT2D eigenvalue weighted by Gasteiger charge is 2.07. The van der Waals surface area contributed by atoms with Crippen molar-refractivity contribution in [3.05, 3.63) is 45.3 Å². The molecule has 0 aliphatic carbocycles. The molecule has 0 amide bonds. The minimum atomic E-state index is -0.263. The van der Waals surface area contributed by atoms with Gasteiger partial charge in [-0.15, -0.1) is 0 Å². The summed E-state index contributed by atoms with van der Waals surface area (Å²) in [5.74, 6) is 2.97. The molecule has 2 aromatic rings. The Kier molecular flexibility index (Phi) is 3.35. The van der Waals surface area contributed by atoms with Crippen molar-refractivity contribution in [3.63, 3.8) is 0 Å². The molecule has 1 aromatic heterocycles. The van der Waals surface area contributed by atoms with Crippen LogP contribution in [-0.2, 0) is 0 Å². The number of hydrogen-bond acceptors (Lipinski definition) is 3. The molecule has 0 spiro atoms. The zero-order chi connectivity index (χ0) is 10.5. The van der Waals surface area contributed by atoms with E-state index in [2.05, 4.69) is 36.9 Å². The number of hydrogen-bond donors (Lipinski definition) is 0. The van der Waals surface area contributed by atoms with Crippen LogP contribution in [-0.4, -0.2) is 10.3 Å². The first-order chi connectivity index (χ1) is 7.36.